The second-order valence-corrected chi connectivity index (χ2v) is 4.55. The topological polar surface area (TPSA) is 47.6 Å². The minimum atomic E-state index is -0.355. The maximum atomic E-state index is 11.7. The molecule has 0 radical (unpaired) electrons. The Labute approximate surface area is 108 Å². The van der Waals surface area contributed by atoms with Crippen molar-refractivity contribution < 1.29 is 14.3 Å². The number of ether oxygens (including phenoxy) is 2. The highest BCUT2D eigenvalue weighted by molar-refractivity contribution is 5.80. The lowest BCUT2D eigenvalue weighted by molar-refractivity contribution is -0.141. The van der Waals surface area contributed by atoms with Gasteiger partial charge in [0, 0.05) is 0 Å². The average Bonchev–Trinajstić information content (AvgIpc) is 2.37. The van der Waals surface area contributed by atoms with Crippen LogP contribution in [0.15, 0.2) is 24.3 Å². The first kappa shape index (κ1) is 14.4. The number of nitrogens with one attached hydrogen (secondary N) is 1. The van der Waals surface area contributed by atoms with Gasteiger partial charge in [-0.3, -0.25) is 0 Å². The van der Waals surface area contributed by atoms with Gasteiger partial charge in [0.15, 0.2) is 0 Å². The summed E-state index contributed by atoms with van der Waals surface area (Å²) >= 11 is 0. The summed E-state index contributed by atoms with van der Waals surface area (Å²) in [7, 11) is 3.01. The molecule has 1 atom stereocenters. The number of esters is 1. The Kier molecular flexibility index (Phi) is 5.49. The molecule has 0 heterocycles. The third-order valence-corrected chi connectivity index (χ3v) is 2.63. The molecule has 0 aliphatic rings. The second-order valence-electron chi connectivity index (χ2n) is 4.55. The van der Waals surface area contributed by atoms with E-state index in [1.54, 1.807) is 7.11 Å². The highest BCUT2D eigenvalue weighted by Crippen LogP contribution is 2.25. The van der Waals surface area contributed by atoms with Gasteiger partial charge in [-0.15, -0.1) is 0 Å². The van der Waals surface area contributed by atoms with Crippen LogP contribution < -0.4 is 10.1 Å². The van der Waals surface area contributed by atoms with Crippen LogP contribution in [0.5, 0.6) is 5.75 Å². The zero-order chi connectivity index (χ0) is 13.5. The minimum absolute atomic E-state index is 0.255. The molecular weight excluding hydrogens is 230 g/mol. The zero-order valence-electron chi connectivity index (χ0n) is 11.4. The molecule has 0 saturated heterocycles. The summed E-state index contributed by atoms with van der Waals surface area (Å²) in [5.41, 5.74) is 0.802. The predicted molar refractivity (Wildman–Crippen MR) is 71.9 cm³/mol. The Bertz CT molecular complexity index is 390. The number of anilines is 1. The highest BCUT2D eigenvalue weighted by Gasteiger charge is 2.21. The molecule has 0 aliphatic heterocycles. The van der Waals surface area contributed by atoms with Gasteiger partial charge in [0.05, 0.1) is 19.9 Å². The van der Waals surface area contributed by atoms with E-state index < -0.39 is 0 Å². The van der Waals surface area contributed by atoms with E-state index in [0.29, 0.717) is 12.3 Å². The van der Waals surface area contributed by atoms with E-state index in [2.05, 4.69) is 19.2 Å². The van der Waals surface area contributed by atoms with E-state index in [4.69, 9.17) is 9.47 Å². The molecule has 1 rings (SSSR count). The molecule has 0 spiro atoms. The monoisotopic (exact) mass is 251 g/mol. The lowest BCUT2D eigenvalue weighted by atomic mass is 10.0. The van der Waals surface area contributed by atoms with Crippen molar-refractivity contribution in [2.45, 2.75) is 26.3 Å². The molecule has 1 N–H and O–H groups in total. The van der Waals surface area contributed by atoms with E-state index in [0.717, 1.165) is 11.4 Å². The van der Waals surface area contributed by atoms with Crippen molar-refractivity contribution in [2.24, 2.45) is 5.92 Å². The molecule has 0 unspecified atom stereocenters. The summed E-state index contributed by atoms with van der Waals surface area (Å²) < 4.78 is 10.1. The summed E-state index contributed by atoms with van der Waals surface area (Å²) in [5.74, 6) is 0.862. The summed E-state index contributed by atoms with van der Waals surface area (Å²) in [6.45, 7) is 4.14. The van der Waals surface area contributed by atoms with Crippen LogP contribution in [0, 0.1) is 5.92 Å². The number of carbonyl (C=O) groups is 1. The predicted octanol–water partition coefficient (Wildman–Crippen LogP) is 2.69. The number of para-hydroxylation sites is 2. The fourth-order valence-corrected chi connectivity index (χ4v) is 1.78. The van der Waals surface area contributed by atoms with Crippen LogP contribution in [0.4, 0.5) is 5.69 Å². The van der Waals surface area contributed by atoms with E-state index in [-0.39, 0.29) is 12.0 Å². The van der Waals surface area contributed by atoms with Crippen molar-refractivity contribution >= 4 is 11.7 Å². The van der Waals surface area contributed by atoms with Crippen LogP contribution in [-0.2, 0) is 9.53 Å². The SMILES string of the molecule is COC(=O)[C@H](CC(C)C)Nc1ccccc1OC. The first-order valence-electron chi connectivity index (χ1n) is 6.05. The van der Waals surface area contributed by atoms with Crippen LogP contribution >= 0.6 is 0 Å². The number of rotatable bonds is 6. The quantitative estimate of drug-likeness (QED) is 0.790. The van der Waals surface area contributed by atoms with Crippen molar-refractivity contribution in [1.29, 1.82) is 0 Å². The zero-order valence-corrected chi connectivity index (χ0v) is 11.4. The molecule has 0 aliphatic carbocycles. The Hall–Kier alpha value is -1.71. The van der Waals surface area contributed by atoms with Gasteiger partial charge in [-0.1, -0.05) is 26.0 Å². The summed E-state index contributed by atoms with van der Waals surface area (Å²) in [6.07, 6.45) is 0.713. The molecule has 18 heavy (non-hydrogen) atoms. The number of hydrogen-bond donors (Lipinski definition) is 1. The molecule has 1 aromatic rings. The molecule has 0 amide bonds. The molecule has 100 valence electrons. The smallest absolute Gasteiger partial charge is 0.328 e. The standard InChI is InChI=1S/C14H21NO3/c1-10(2)9-12(14(16)18-4)15-11-7-5-6-8-13(11)17-3/h5-8,10,12,15H,9H2,1-4H3/t12-/m0/s1. The van der Waals surface area contributed by atoms with Crippen molar-refractivity contribution in [3.8, 4) is 5.75 Å². The number of benzene rings is 1. The highest BCUT2D eigenvalue weighted by atomic mass is 16.5. The second kappa shape index (κ2) is 6.89. The van der Waals surface area contributed by atoms with Gasteiger partial charge in [-0.25, -0.2) is 4.79 Å². The Morgan fingerprint density at radius 1 is 1.28 bits per heavy atom. The van der Waals surface area contributed by atoms with Crippen LogP contribution in [-0.4, -0.2) is 26.2 Å². The van der Waals surface area contributed by atoms with Gasteiger partial charge in [-0.2, -0.15) is 0 Å². The van der Waals surface area contributed by atoms with Crippen molar-refractivity contribution in [1.82, 2.24) is 0 Å². The lowest BCUT2D eigenvalue weighted by Gasteiger charge is -2.20. The first-order valence-corrected chi connectivity index (χ1v) is 6.05. The van der Waals surface area contributed by atoms with Crippen molar-refractivity contribution in [3.63, 3.8) is 0 Å². The third kappa shape index (κ3) is 3.95. The number of methoxy groups -OCH3 is 2. The first-order chi connectivity index (χ1) is 8.58. The molecule has 0 bridgehead atoms. The van der Waals surface area contributed by atoms with E-state index >= 15 is 0 Å². The normalized spacial score (nSPS) is 12.1. The van der Waals surface area contributed by atoms with Crippen LogP contribution in [0.1, 0.15) is 20.3 Å². The summed E-state index contributed by atoms with van der Waals surface area (Å²) in [5, 5.41) is 3.18. The van der Waals surface area contributed by atoms with E-state index in [1.807, 2.05) is 24.3 Å². The van der Waals surface area contributed by atoms with Gasteiger partial charge in [0.1, 0.15) is 11.8 Å². The van der Waals surface area contributed by atoms with Crippen LogP contribution in [0.3, 0.4) is 0 Å². The Balaban J connectivity index is 2.85. The number of carbonyl (C=O) groups excluding carboxylic acids is 1. The molecule has 4 nitrogen and oxygen atoms in total. The van der Waals surface area contributed by atoms with E-state index in [9.17, 15) is 4.79 Å². The molecule has 0 saturated carbocycles. The maximum Gasteiger partial charge on any atom is 0.328 e. The summed E-state index contributed by atoms with van der Waals surface area (Å²) in [6, 6.07) is 7.17. The summed E-state index contributed by atoms with van der Waals surface area (Å²) in [4.78, 5) is 11.7. The largest absolute Gasteiger partial charge is 0.495 e. The third-order valence-electron chi connectivity index (χ3n) is 2.63. The van der Waals surface area contributed by atoms with Gasteiger partial charge in [0.2, 0.25) is 0 Å². The fourth-order valence-electron chi connectivity index (χ4n) is 1.78. The van der Waals surface area contributed by atoms with Gasteiger partial charge >= 0.3 is 5.97 Å². The van der Waals surface area contributed by atoms with Gasteiger partial charge in [-0.05, 0) is 24.5 Å². The minimum Gasteiger partial charge on any atom is -0.495 e. The molecule has 0 fully saturated rings. The molecule has 0 aromatic heterocycles. The molecular formula is C14H21NO3. The lowest BCUT2D eigenvalue weighted by Crippen LogP contribution is -2.32. The molecule has 1 aromatic carbocycles. The van der Waals surface area contributed by atoms with Crippen molar-refractivity contribution in [2.75, 3.05) is 19.5 Å². The van der Waals surface area contributed by atoms with Gasteiger partial charge < -0.3 is 14.8 Å². The van der Waals surface area contributed by atoms with E-state index in [1.165, 1.54) is 7.11 Å². The molecule has 4 heteroatoms. The average molecular weight is 251 g/mol. The van der Waals surface area contributed by atoms with Crippen LogP contribution in [0.25, 0.3) is 0 Å². The number of hydrogen-bond acceptors (Lipinski definition) is 4. The van der Waals surface area contributed by atoms with Gasteiger partial charge in [0.25, 0.3) is 0 Å². The Morgan fingerprint density at radius 3 is 2.50 bits per heavy atom. The fraction of sp³-hybridized carbons (Fsp3) is 0.500. The Morgan fingerprint density at radius 2 is 1.94 bits per heavy atom. The van der Waals surface area contributed by atoms with Crippen LogP contribution in [0.2, 0.25) is 0 Å². The maximum absolute atomic E-state index is 11.7. The van der Waals surface area contributed by atoms with Crippen molar-refractivity contribution in [3.05, 3.63) is 24.3 Å².